The van der Waals surface area contributed by atoms with E-state index in [0.717, 1.165) is 17.5 Å². The molecule has 0 saturated heterocycles. The first-order valence-electron chi connectivity index (χ1n) is 4.22. The van der Waals surface area contributed by atoms with Gasteiger partial charge in [-0.2, -0.15) is 0 Å². The Bertz CT molecular complexity index is 362. The Morgan fingerprint density at radius 3 is 3.08 bits per heavy atom. The molecule has 0 aliphatic heterocycles. The Labute approximate surface area is 75.8 Å². The molecular weight excluding hydrogens is 169 g/mol. The average molecular weight is 179 g/mol. The van der Waals surface area contributed by atoms with Gasteiger partial charge in [0, 0.05) is 7.05 Å². The van der Waals surface area contributed by atoms with Crippen molar-refractivity contribution in [1.82, 2.24) is 5.32 Å². The second-order valence-corrected chi connectivity index (χ2v) is 3.21. The maximum atomic E-state index is 12.8. The van der Waals surface area contributed by atoms with Crippen LogP contribution in [0.25, 0.3) is 0 Å². The predicted molar refractivity (Wildman–Crippen MR) is 46.9 cm³/mol. The monoisotopic (exact) mass is 179 g/mol. The number of benzene rings is 1. The number of amides is 1. The van der Waals surface area contributed by atoms with E-state index in [2.05, 4.69) is 5.32 Å². The maximum Gasteiger partial charge on any atom is 0.227 e. The third-order valence-electron chi connectivity index (χ3n) is 2.47. The molecule has 0 fully saturated rings. The molecule has 0 bridgehead atoms. The van der Waals surface area contributed by atoms with E-state index in [0.29, 0.717) is 0 Å². The summed E-state index contributed by atoms with van der Waals surface area (Å²) in [4.78, 5) is 11.2. The van der Waals surface area contributed by atoms with Gasteiger partial charge >= 0.3 is 0 Å². The summed E-state index contributed by atoms with van der Waals surface area (Å²) in [6.07, 6.45) is 0.731. The van der Waals surface area contributed by atoms with E-state index < -0.39 is 0 Å². The molecule has 1 N–H and O–H groups in total. The first-order valence-corrected chi connectivity index (χ1v) is 4.22. The number of fused-ring (bicyclic) bond motifs is 1. The van der Waals surface area contributed by atoms with Crippen molar-refractivity contribution in [3.63, 3.8) is 0 Å². The second kappa shape index (κ2) is 2.83. The van der Waals surface area contributed by atoms with Crippen LogP contribution in [0.2, 0.25) is 0 Å². The summed E-state index contributed by atoms with van der Waals surface area (Å²) in [7, 11) is 1.60. The van der Waals surface area contributed by atoms with Gasteiger partial charge in [-0.3, -0.25) is 4.79 Å². The Hall–Kier alpha value is -1.38. The molecule has 1 amide bonds. The van der Waals surface area contributed by atoms with Crippen molar-refractivity contribution in [3.8, 4) is 0 Å². The zero-order chi connectivity index (χ0) is 9.42. The Morgan fingerprint density at radius 1 is 1.62 bits per heavy atom. The highest BCUT2D eigenvalue weighted by Gasteiger charge is 2.31. The van der Waals surface area contributed by atoms with E-state index in [9.17, 15) is 9.18 Å². The Balaban J connectivity index is 2.30. The van der Waals surface area contributed by atoms with Gasteiger partial charge < -0.3 is 5.32 Å². The van der Waals surface area contributed by atoms with E-state index in [1.807, 2.05) is 0 Å². The van der Waals surface area contributed by atoms with E-state index in [4.69, 9.17) is 0 Å². The highest BCUT2D eigenvalue weighted by molar-refractivity contribution is 5.86. The summed E-state index contributed by atoms with van der Waals surface area (Å²) in [5.41, 5.74) is 1.91. The fourth-order valence-electron chi connectivity index (χ4n) is 1.68. The molecule has 1 aromatic rings. The summed E-state index contributed by atoms with van der Waals surface area (Å²) in [5, 5.41) is 2.57. The van der Waals surface area contributed by atoms with Crippen LogP contribution in [-0.4, -0.2) is 13.0 Å². The summed E-state index contributed by atoms with van der Waals surface area (Å²) in [6.45, 7) is 0. The zero-order valence-electron chi connectivity index (χ0n) is 7.30. The molecular formula is C10H10FNO. The largest absolute Gasteiger partial charge is 0.359 e. The molecule has 0 spiro atoms. The normalized spacial score (nSPS) is 18.8. The Morgan fingerprint density at radius 2 is 2.38 bits per heavy atom. The van der Waals surface area contributed by atoms with Crippen molar-refractivity contribution >= 4 is 5.91 Å². The van der Waals surface area contributed by atoms with E-state index in [1.165, 1.54) is 12.1 Å². The lowest BCUT2D eigenvalue weighted by molar-refractivity contribution is -0.122. The minimum atomic E-state index is -0.271. The lowest BCUT2D eigenvalue weighted by Gasteiger charge is -2.28. The molecule has 3 heteroatoms. The number of nitrogens with one attached hydrogen (secondary N) is 1. The molecule has 1 aliphatic rings. The maximum absolute atomic E-state index is 12.8. The molecule has 0 saturated carbocycles. The predicted octanol–water partition coefficient (Wildman–Crippen LogP) is 1.21. The number of hydrogen-bond donors (Lipinski definition) is 1. The van der Waals surface area contributed by atoms with Crippen LogP contribution in [0.4, 0.5) is 4.39 Å². The summed E-state index contributed by atoms with van der Waals surface area (Å²) in [6, 6.07) is 4.61. The first kappa shape index (κ1) is 8.23. The Kier molecular flexibility index (Phi) is 1.79. The van der Waals surface area contributed by atoms with Gasteiger partial charge in [-0.1, -0.05) is 6.07 Å². The van der Waals surface area contributed by atoms with Crippen LogP contribution in [0.3, 0.4) is 0 Å². The molecule has 13 heavy (non-hydrogen) atoms. The highest BCUT2D eigenvalue weighted by atomic mass is 19.1. The van der Waals surface area contributed by atoms with Crippen molar-refractivity contribution in [2.24, 2.45) is 0 Å². The average Bonchev–Trinajstić information content (AvgIpc) is 2.10. The van der Waals surface area contributed by atoms with Crippen molar-refractivity contribution in [3.05, 3.63) is 35.1 Å². The number of halogens is 1. The van der Waals surface area contributed by atoms with Gasteiger partial charge in [0.15, 0.2) is 0 Å². The lowest BCUT2D eigenvalue weighted by Crippen LogP contribution is -2.33. The molecule has 1 unspecified atom stereocenters. The van der Waals surface area contributed by atoms with Gasteiger partial charge in [-0.05, 0) is 29.7 Å². The molecule has 0 radical (unpaired) electrons. The van der Waals surface area contributed by atoms with Gasteiger partial charge in [-0.15, -0.1) is 0 Å². The quantitative estimate of drug-likeness (QED) is 0.689. The third kappa shape index (κ3) is 1.20. The molecule has 1 aliphatic carbocycles. The van der Waals surface area contributed by atoms with Crippen LogP contribution in [0.1, 0.15) is 17.0 Å². The summed E-state index contributed by atoms with van der Waals surface area (Å²) >= 11 is 0. The molecule has 68 valence electrons. The minimum Gasteiger partial charge on any atom is -0.359 e. The van der Waals surface area contributed by atoms with Crippen molar-refractivity contribution in [2.75, 3.05) is 7.05 Å². The van der Waals surface area contributed by atoms with E-state index in [-0.39, 0.29) is 17.6 Å². The van der Waals surface area contributed by atoms with Gasteiger partial charge in [0.05, 0.1) is 5.92 Å². The first-order chi connectivity index (χ1) is 6.22. The van der Waals surface area contributed by atoms with Crippen molar-refractivity contribution in [1.29, 1.82) is 0 Å². The molecule has 0 heterocycles. The summed E-state index contributed by atoms with van der Waals surface area (Å²) < 4.78 is 12.8. The van der Waals surface area contributed by atoms with Crippen LogP contribution in [0.5, 0.6) is 0 Å². The number of hydrogen-bond acceptors (Lipinski definition) is 1. The highest BCUT2D eigenvalue weighted by Crippen LogP contribution is 2.35. The van der Waals surface area contributed by atoms with E-state index >= 15 is 0 Å². The SMILES string of the molecule is CNC(=O)C1Cc2ccc(F)cc21. The molecule has 0 aromatic heterocycles. The molecule has 1 aromatic carbocycles. The topological polar surface area (TPSA) is 29.1 Å². The fourth-order valence-corrected chi connectivity index (χ4v) is 1.68. The molecule has 2 rings (SSSR count). The number of carbonyl (C=O) groups is 1. The second-order valence-electron chi connectivity index (χ2n) is 3.21. The lowest BCUT2D eigenvalue weighted by atomic mass is 9.77. The van der Waals surface area contributed by atoms with Crippen LogP contribution >= 0.6 is 0 Å². The van der Waals surface area contributed by atoms with Crippen molar-refractivity contribution in [2.45, 2.75) is 12.3 Å². The summed E-state index contributed by atoms with van der Waals surface area (Å²) in [5.74, 6) is -0.443. The van der Waals surface area contributed by atoms with Crippen LogP contribution in [-0.2, 0) is 11.2 Å². The standard InChI is InChI=1S/C10H10FNO/c1-12-10(13)9-4-6-2-3-7(11)5-8(6)9/h2-3,5,9H,4H2,1H3,(H,12,13). The third-order valence-corrected chi connectivity index (χ3v) is 2.47. The number of rotatable bonds is 1. The molecule has 2 nitrogen and oxygen atoms in total. The smallest absolute Gasteiger partial charge is 0.227 e. The van der Waals surface area contributed by atoms with Crippen molar-refractivity contribution < 1.29 is 9.18 Å². The van der Waals surface area contributed by atoms with Gasteiger partial charge in [0.2, 0.25) is 5.91 Å². The zero-order valence-corrected chi connectivity index (χ0v) is 7.30. The van der Waals surface area contributed by atoms with Crippen LogP contribution in [0.15, 0.2) is 18.2 Å². The fraction of sp³-hybridized carbons (Fsp3) is 0.300. The number of carbonyl (C=O) groups excluding carboxylic acids is 1. The van der Waals surface area contributed by atoms with Gasteiger partial charge in [0.1, 0.15) is 5.82 Å². The minimum absolute atomic E-state index is 0.0295. The van der Waals surface area contributed by atoms with Gasteiger partial charge in [0.25, 0.3) is 0 Å². The number of likely N-dealkylation sites (N-methyl/N-ethyl adjacent to an activating group) is 1. The van der Waals surface area contributed by atoms with E-state index in [1.54, 1.807) is 13.1 Å². The van der Waals surface area contributed by atoms with Crippen LogP contribution < -0.4 is 5.32 Å². The van der Waals surface area contributed by atoms with Crippen LogP contribution in [0, 0.1) is 5.82 Å². The molecule has 1 atom stereocenters. The van der Waals surface area contributed by atoms with Gasteiger partial charge in [-0.25, -0.2) is 4.39 Å².